The van der Waals surface area contributed by atoms with E-state index in [1.165, 1.54) is 19.2 Å². The first-order valence-electron chi connectivity index (χ1n) is 12.3. The van der Waals surface area contributed by atoms with E-state index in [1.54, 1.807) is 30.5 Å². The Morgan fingerprint density at radius 2 is 1.92 bits per heavy atom. The lowest BCUT2D eigenvalue weighted by atomic mass is 10.1. The lowest BCUT2D eigenvalue weighted by molar-refractivity contribution is -0.121. The minimum absolute atomic E-state index is 0.0109. The first-order chi connectivity index (χ1) is 18.0. The molecule has 0 fully saturated rings. The van der Waals surface area contributed by atoms with Crippen LogP contribution < -0.4 is 20.1 Å². The summed E-state index contributed by atoms with van der Waals surface area (Å²) in [6.07, 6.45) is 5.25. The number of nitrogens with zero attached hydrogens (tertiary/aromatic N) is 2. The zero-order valence-electron chi connectivity index (χ0n) is 20.8. The molecule has 2 aliphatic rings. The predicted octanol–water partition coefficient (Wildman–Crippen LogP) is 4.05. The van der Waals surface area contributed by atoms with Crippen molar-refractivity contribution in [3.05, 3.63) is 83.4 Å². The fourth-order valence-electron chi connectivity index (χ4n) is 4.18. The summed E-state index contributed by atoms with van der Waals surface area (Å²) in [4.78, 5) is 31.8. The van der Waals surface area contributed by atoms with E-state index in [2.05, 4.69) is 20.5 Å². The van der Waals surface area contributed by atoms with Crippen molar-refractivity contribution < 1.29 is 23.5 Å². The molecule has 3 heterocycles. The van der Waals surface area contributed by atoms with E-state index < -0.39 is 5.82 Å². The average Bonchev–Trinajstić information content (AvgIpc) is 2.91. The van der Waals surface area contributed by atoms with Gasteiger partial charge < -0.3 is 20.1 Å². The topological polar surface area (TPSA) is 92.8 Å². The molecule has 2 bridgehead atoms. The third-order valence-corrected chi connectivity index (χ3v) is 6.13. The molecular formula is C28H31FN4O4. The summed E-state index contributed by atoms with van der Waals surface area (Å²) in [6.45, 7) is 2.62. The standard InChI is InChI=1S/C28H31FN4O4/c1-36-26-16-21-10-11-25(26)37-24-8-2-7-23(29)22(24)18-32-27(34)9-4-14-33(15-5-13-31-28(21)35)19-20-6-3-12-30-17-20/h2-3,6-8,10-12,16-17H,4-5,9,13-15,18-19H2,1H3,(H,31,35)(H,32,34). The molecular weight excluding hydrogens is 475 g/mol. The number of carbonyl (C=O) groups is 2. The zero-order valence-corrected chi connectivity index (χ0v) is 20.8. The summed E-state index contributed by atoms with van der Waals surface area (Å²) in [5, 5.41) is 5.76. The number of nitrogens with one attached hydrogen (secondary N) is 2. The summed E-state index contributed by atoms with van der Waals surface area (Å²) in [5.74, 6) is 0.0665. The van der Waals surface area contributed by atoms with Gasteiger partial charge in [-0.3, -0.25) is 19.5 Å². The Hall–Kier alpha value is -3.98. The number of hydrogen-bond acceptors (Lipinski definition) is 6. The molecule has 0 spiro atoms. The monoisotopic (exact) mass is 506 g/mol. The van der Waals surface area contributed by atoms with E-state index in [-0.39, 0.29) is 29.7 Å². The fourth-order valence-corrected chi connectivity index (χ4v) is 4.18. The molecule has 37 heavy (non-hydrogen) atoms. The van der Waals surface area contributed by atoms with Crippen LogP contribution in [0.15, 0.2) is 60.9 Å². The van der Waals surface area contributed by atoms with Gasteiger partial charge in [0.2, 0.25) is 5.91 Å². The van der Waals surface area contributed by atoms with Crippen LogP contribution in [0.3, 0.4) is 0 Å². The molecule has 0 atom stereocenters. The van der Waals surface area contributed by atoms with Crippen LogP contribution in [-0.2, 0) is 17.9 Å². The van der Waals surface area contributed by atoms with Gasteiger partial charge in [-0.2, -0.15) is 0 Å². The van der Waals surface area contributed by atoms with E-state index in [0.29, 0.717) is 49.5 Å². The molecule has 0 saturated carbocycles. The molecule has 9 heteroatoms. The maximum absolute atomic E-state index is 14.7. The van der Waals surface area contributed by atoms with Crippen LogP contribution in [0.25, 0.3) is 0 Å². The predicted molar refractivity (Wildman–Crippen MR) is 137 cm³/mol. The maximum atomic E-state index is 14.7. The van der Waals surface area contributed by atoms with Gasteiger partial charge in [-0.1, -0.05) is 12.1 Å². The Kier molecular flexibility index (Phi) is 9.04. The fraction of sp³-hybridized carbons (Fsp3) is 0.321. The second kappa shape index (κ2) is 12.8. The van der Waals surface area contributed by atoms with Gasteiger partial charge in [0.15, 0.2) is 11.5 Å². The van der Waals surface area contributed by atoms with Gasteiger partial charge in [0.25, 0.3) is 5.91 Å². The highest BCUT2D eigenvalue weighted by molar-refractivity contribution is 5.94. The van der Waals surface area contributed by atoms with Crippen molar-refractivity contribution in [3.63, 3.8) is 0 Å². The molecule has 5 rings (SSSR count). The maximum Gasteiger partial charge on any atom is 0.251 e. The Balaban J connectivity index is 1.56. The Morgan fingerprint density at radius 1 is 1.05 bits per heavy atom. The van der Waals surface area contributed by atoms with E-state index >= 15 is 0 Å². The summed E-state index contributed by atoms with van der Waals surface area (Å²) >= 11 is 0. The van der Waals surface area contributed by atoms with E-state index in [9.17, 15) is 14.0 Å². The molecule has 2 aromatic carbocycles. The number of benzene rings is 2. The third-order valence-electron chi connectivity index (χ3n) is 6.13. The van der Waals surface area contributed by atoms with Crippen LogP contribution in [0, 0.1) is 5.82 Å². The zero-order chi connectivity index (χ0) is 26.0. The van der Waals surface area contributed by atoms with E-state index in [1.807, 2.05) is 18.3 Å². The Morgan fingerprint density at radius 3 is 2.73 bits per heavy atom. The molecule has 2 amide bonds. The molecule has 0 unspecified atom stereocenters. The van der Waals surface area contributed by atoms with Crippen molar-refractivity contribution in [1.29, 1.82) is 0 Å². The van der Waals surface area contributed by atoms with Crippen LogP contribution >= 0.6 is 0 Å². The molecule has 3 aromatic rings. The van der Waals surface area contributed by atoms with Gasteiger partial charge in [0.05, 0.1) is 7.11 Å². The van der Waals surface area contributed by atoms with E-state index in [0.717, 1.165) is 18.5 Å². The van der Waals surface area contributed by atoms with Gasteiger partial charge >= 0.3 is 0 Å². The minimum atomic E-state index is -0.485. The molecule has 2 N–H and O–H groups in total. The van der Waals surface area contributed by atoms with E-state index in [4.69, 9.17) is 9.47 Å². The molecule has 2 aliphatic heterocycles. The Bertz CT molecular complexity index is 1220. The van der Waals surface area contributed by atoms with Gasteiger partial charge in [0.1, 0.15) is 11.6 Å². The van der Waals surface area contributed by atoms with Gasteiger partial charge in [-0.05, 0) is 61.3 Å². The number of carbonyl (C=O) groups excluding carboxylic acids is 2. The van der Waals surface area contributed by atoms with Crippen molar-refractivity contribution in [2.45, 2.75) is 32.4 Å². The average molecular weight is 507 g/mol. The quantitative estimate of drug-likeness (QED) is 0.557. The van der Waals surface area contributed by atoms with Gasteiger partial charge in [-0.25, -0.2) is 4.39 Å². The normalized spacial score (nSPS) is 15.8. The summed E-state index contributed by atoms with van der Waals surface area (Å²) < 4.78 is 26.1. The number of rotatable bonds is 3. The number of halogens is 1. The lowest BCUT2D eigenvalue weighted by Gasteiger charge is -2.22. The molecule has 0 saturated heterocycles. The minimum Gasteiger partial charge on any atom is -0.493 e. The van der Waals surface area contributed by atoms with Crippen LogP contribution in [-0.4, -0.2) is 48.4 Å². The number of amides is 2. The highest BCUT2D eigenvalue weighted by atomic mass is 19.1. The SMILES string of the molecule is COc1cc2ccc1Oc1cccc(F)c1CNC(=O)CCCN(Cc1cccnc1)CCCNC2=O. The van der Waals surface area contributed by atoms with Gasteiger partial charge in [0, 0.05) is 56.1 Å². The van der Waals surface area contributed by atoms with Gasteiger partial charge in [-0.15, -0.1) is 0 Å². The van der Waals surface area contributed by atoms with Crippen LogP contribution in [0.4, 0.5) is 4.39 Å². The van der Waals surface area contributed by atoms with Crippen molar-refractivity contribution in [2.24, 2.45) is 0 Å². The first-order valence-corrected chi connectivity index (χ1v) is 12.3. The summed E-state index contributed by atoms with van der Waals surface area (Å²) in [6, 6.07) is 13.2. The number of methoxy groups -OCH3 is 1. The smallest absolute Gasteiger partial charge is 0.251 e. The number of pyridine rings is 1. The number of ether oxygens (including phenoxy) is 2. The molecule has 194 valence electrons. The van der Waals surface area contributed by atoms with Crippen molar-refractivity contribution in [1.82, 2.24) is 20.5 Å². The summed E-state index contributed by atoms with van der Waals surface area (Å²) in [7, 11) is 1.48. The van der Waals surface area contributed by atoms with Crippen LogP contribution in [0.5, 0.6) is 17.2 Å². The molecule has 8 nitrogen and oxygen atoms in total. The highest BCUT2D eigenvalue weighted by Gasteiger charge is 2.17. The second-order valence-corrected chi connectivity index (χ2v) is 8.81. The van der Waals surface area contributed by atoms with Crippen molar-refractivity contribution in [2.75, 3.05) is 26.7 Å². The van der Waals surface area contributed by atoms with Crippen molar-refractivity contribution in [3.8, 4) is 17.2 Å². The lowest BCUT2D eigenvalue weighted by Crippen LogP contribution is -2.31. The largest absolute Gasteiger partial charge is 0.493 e. The molecule has 0 aliphatic carbocycles. The number of fused-ring (bicyclic) bond motifs is 13. The van der Waals surface area contributed by atoms with Crippen molar-refractivity contribution >= 4 is 11.8 Å². The number of hydrogen-bond donors (Lipinski definition) is 2. The Labute approximate surface area is 215 Å². The first kappa shape index (κ1) is 26.1. The second-order valence-electron chi connectivity index (χ2n) is 8.81. The summed E-state index contributed by atoms with van der Waals surface area (Å²) in [5.41, 5.74) is 1.74. The highest BCUT2D eigenvalue weighted by Crippen LogP contribution is 2.34. The molecule has 1 aromatic heterocycles. The van der Waals surface area contributed by atoms with Crippen LogP contribution in [0.1, 0.15) is 40.7 Å². The number of aromatic nitrogens is 1. The third kappa shape index (κ3) is 7.27. The van der Waals surface area contributed by atoms with Crippen LogP contribution in [0.2, 0.25) is 0 Å². The molecule has 0 radical (unpaired) electrons.